The molecule has 0 unspecified atom stereocenters. The molecule has 32 heavy (non-hydrogen) atoms. The molecule has 2 aliphatic carbocycles. The van der Waals surface area contributed by atoms with Crippen LogP contribution in [0.5, 0.6) is 5.75 Å². The third-order valence-electron chi connectivity index (χ3n) is 7.78. The Bertz CT molecular complexity index is 1250. The van der Waals surface area contributed by atoms with E-state index < -0.39 is 0 Å². The predicted octanol–water partition coefficient (Wildman–Crippen LogP) is 8.36. The van der Waals surface area contributed by atoms with Gasteiger partial charge in [-0.25, -0.2) is 0 Å². The minimum Gasteiger partial charge on any atom is -0.507 e. The molecule has 0 spiro atoms. The maximum absolute atomic E-state index is 11.3. The van der Waals surface area contributed by atoms with Gasteiger partial charge < -0.3 is 5.11 Å². The van der Waals surface area contributed by atoms with Crippen LogP contribution >= 0.6 is 7.92 Å². The van der Waals surface area contributed by atoms with Crippen LogP contribution in [0.4, 0.5) is 0 Å². The molecule has 2 fully saturated rings. The minimum atomic E-state index is -0.255. The lowest BCUT2D eigenvalue weighted by Crippen LogP contribution is -2.21. The smallest absolute Gasteiger partial charge is 0.124 e. The van der Waals surface area contributed by atoms with Gasteiger partial charge in [-0.2, -0.15) is 0 Å². The number of aromatic hydroxyl groups is 1. The third-order valence-corrected chi connectivity index (χ3v) is 11.3. The highest BCUT2D eigenvalue weighted by atomic mass is 31.1. The van der Waals surface area contributed by atoms with Gasteiger partial charge in [0.05, 0.1) is 0 Å². The molecule has 0 heterocycles. The monoisotopic (exact) mass is 438 g/mol. The first-order valence-electron chi connectivity index (χ1n) is 12.3. The van der Waals surface area contributed by atoms with E-state index in [2.05, 4.69) is 66.7 Å². The molecule has 4 aromatic carbocycles. The van der Waals surface area contributed by atoms with Gasteiger partial charge in [-0.3, -0.25) is 0 Å². The molecular weight excluding hydrogens is 407 g/mol. The van der Waals surface area contributed by atoms with Gasteiger partial charge >= 0.3 is 0 Å². The summed E-state index contributed by atoms with van der Waals surface area (Å²) in [5.74, 6) is 0.411. The quantitative estimate of drug-likeness (QED) is 0.317. The summed E-state index contributed by atoms with van der Waals surface area (Å²) in [7, 11) is -0.255. The molecule has 2 saturated carbocycles. The summed E-state index contributed by atoms with van der Waals surface area (Å²) in [6, 6.07) is 26.1. The fourth-order valence-corrected chi connectivity index (χ4v) is 10.3. The SMILES string of the molecule is Oc1ccc2ccccc2c1-c1c(P(C2CCCC2)C2CCCC2)ccc2ccccc12. The Morgan fingerprint density at radius 2 is 1.06 bits per heavy atom. The van der Waals surface area contributed by atoms with Crippen molar-refractivity contribution in [3.05, 3.63) is 72.8 Å². The van der Waals surface area contributed by atoms with Crippen molar-refractivity contribution in [1.82, 2.24) is 0 Å². The van der Waals surface area contributed by atoms with Crippen molar-refractivity contribution in [2.75, 3.05) is 0 Å². The van der Waals surface area contributed by atoms with Gasteiger partial charge in [0.25, 0.3) is 0 Å². The molecule has 2 heteroatoms. The summed E-state index contributed by atoms with van der Waals surface area (Å²) in [6.45, 7) is 0. The Labute approximate surface area is 192 Å². The molecule has 6 rings (SSSR count). The molecule has 1 nitrogen and oxygen atoms in total. The van der Waals surface area contributed by atoms with E-state index in [0.717, 1.165) is 22.3 Å². The molecule has 1 N–H and O–H groups in total. The zero-order chi connectivity index (χ0) is 21.5. The summed E-state index contributed by atoms with van der Waals surface area (Å²) in [6.07, 6.45) is 11.1. The van der Waals surface area contributed by atoms with Gasteiger partial charge in [0.15, 0.2) is 0 Å². The number of benzene rings is 4. The fraction of sp³-hybridized carbons (Fsp3) is 0.333. The van der Waals surface area contributed by atoms with E-state index in [1.807, 2.05) is 6.07 Å². The number of phenolic OH excluding ortho intramolecular Hbond substituents is 1. The predicted molar refractivity (Wildman–Crippen MR) is 140 cm³/mol. The van der Waals surface area contributed by atoms with Crippen LogP contribution in [0.25, 0.3) is 32.7 Å². The van der Waals surface area contributed by atoms with Gasteiger partial charge in [-0.15, -0.1) is 0 Å². The fourth-order valence-electron chi connectivity index (χ4n) is 6.32. The molecule has 0 saturated heterocycles. The highest BCUT2D eigenvalue weighted by molar-refractivity contribution is 7.67. The van der Waals surface area contributed by atoms with Gasteiger partial charge in [0, 0.05) is 11.1 Å². The lowest BCUT2D eigenvalue weighted by atomic mass is 9.93. The van der Waals surface area contributed by atoms with E-state index in [-0.39, 0.29) is 7.92 Å². The van der Waals surface area contributed by atoms with E-state index in [4.69, 9.17) is 0 Å². The number of hydrogen-bond donors (Lipinski definition) is 1. The average molecular weight is 439 g/mol. The second kappa shape index (κ2) is 8.53. The zero-order valence-corrected chi connectivity index (χ0v) is 19.5. The number of fused-ring (bicyclic) bond motifs is 2. The van der Waals surface area contributed by atoms with Crippen molar-refractivity contribution < 1.29 is 5.11 Å². The Kier molecular flexibility index (Phi) is 5.40. The lowest BCUT2D eigenvalue weighted by molar-refractivity contribution is 0.478. The van der Waals surface area contributed by atoms with E-state index in [0.29, 0.717) is 5.75 Å². The minimum absolute atomic E-state index is 0.255. The third kappa shape index (κ3) is 3.43. The molecule has 0 bridgehead atoms. The summed E-state index contributed by atoms with van der Waals surface area (Å²) in [5.41, 5.74) is 4.02. The number of rotatable bonds is 4. The van der Waals surface area contributed by atoms with E-state index >= 15 is 0 Å². The van der Waals surface area contributed by atoms with Crippen LogP contribution in [0.3, 0.4) is 0 Å². The largest absolute Gasteiger partial charge is 0.507 e. The van der Waals surface area contributed by atoms with Crippen LogP contribution in [0.1, 0.15) is 51.4 Å². The van der Waals surface area contributed by atoms with Crippen molar-refractivity contribution in [3.63, 3.8) is 0 Å². The van der Waals surface area contributed by atoms with E-state index in [1.165, 1.54) is 73.1 Å². The Balaban J connectivity index is 1.68. The van der Waals surface area contributed by atoms with E-state index in [1.54, 1.807) is 5.30 Å². The van der Waals surface area contributed by atoms with Crippen LogP contribution in [0, 0.1) is 0 Å². The average Bonchev–Trinajstić information content (AvgIpc) is 3.55. The first kappa shape index (κ1) is 20.3. The molecule has 0 aliphatic heterocycles. The molecule has 0 amide bonds. The van der Waals surface area contributed by atoms with Crippen LogP contribution in [0.2, 0.25) is 0 Å². The lowest BCUT2D eigenvalue weighted by Gasteiger charge is -2.33. The van der Waals surface area contributed by atoms with Crippen LogP contribution < -0.4 is 5.30 Å². The number of hydrogen-bond acceptors (Lipinski definition) is 1. The first-order chi connectivity index (χ1) is 15.8. The zero-order valence-electron chi connectivity index (χ0n) is 18.6. The highest BCUT2D eigenvalue weighted by Gasteiger charge is 2.36. The van der Waals surface area contributed by atoms with Gasteiger partial charge in [-0.1, -0.05) is 100 Å². The summed E-state index contributed by atoms with van der Waals surface area (Å²) in [5, 5.41) is 17.7. The van der Waals surface area contributed by atoms with Crippen molar-refractivity contribution in [2.24, 2.45) is 0 Å². The van der Waals surface area contributed by atoms with Crippen molar-refractivity contribution in [3.8, 4) is 16.9 Å². The highest BCUT2D eigenvalue weighted by Crippen LogP contribution is 2.58. The van der Waals surface area contributed by atoms with Crippen molar-refractivity contribution in [1.29, 1.82) is 0 Å². The van der Waals surface area contributed by atoms with Crippen LogP contribution in [-0.4, -0.2) is 16.4 Å². The Morgan fingerprint density at radius 3 is 1.66 bits per heavy atom. The molecule has 2 aliphatic rings. The first-order valence-corrected chi connectivity index (χ1v) is 13.8. The summed E-state index contributed by atoms with van der Waals surface area (Å²) in [4.78, 5) is 0. The summed E-state index contributed by atoms with van der Waals surface area (Å²) >= 11 is 0. The molecule has 4 aromatic rings. The maximum atomic E-state index is 11.3. The van der Waals surface area contributed by atoms with Crippen molar-refractivity contribution in [2.45, 2.75) is 62.7 Å². The Hall–Kier alpha value is -2.37. The Morgan fingerprint density at radius 1 is 0.562 bits per heavy atom. The van der Waals surface area contributed by atoms with Gasteiger partial charge in [0.1, 0.15) is 5.75 Å². The molecule has 0 radical (unpaired) electrons. The topological polar surface area (TPSA) is 20.2 Å². The number of phenols is 1. The van der Waals surface area contributed by atoms with Crippen LogP contribution in [0.15, 0.2) is 72.8 Å². The standard InChI is InChI=1S/C30H31OP/c31-27-19-17-21-9-1-7-15-25(21)29(27)30-26-16-8-2-10-22(26)18-20-28(30)32(23-11-3-4-12-23)24-13-5-6-14-24/h1-2,7-10,15-20,23-24,31H,3-6,11-14H2. The van der Waals surface area contributed by atoms with E-state index in [9.17, 15) is 5.11 Å². The molecule has 0 aromatic heterocycles. The van der Waals surface area contributed by atoms with Gasteiger partial charge in [-0.05, 0) is 69.9 Å². The molecule has 162 valence electrons. The molecular formula is C30H31OP. The van der Waals surface area contributed by atoms with Crippen molar-refractivity contribution >= 4 is 34.8 Å². The molecule has 0 atom stereocenters. The normalized spacial score (nSPS) is 17.8. The van der Waals surface area contributed by atoms with Gasteiger partial charge in [0.2, 0.25) is 0 Å². The second-order valence-corrected chi connectivity index (χ2v) is 12.4. The second-order valence-electron chi connectivity index (χ2n) is 9.65. The maximum Gasteiger partial charge on any atom is 0.124 e. The summed E-state index contributed by atoms with van der Waals surface area (Å²) < 4.78 is 0. The van der Waals surface area contributed by atoms with Crippen LogP contribution in [-0.2, 0) is 0 Å².